The Hall–Kier alpha value is -1.13. The first-order valence-corrected chi connectivity index (χ1v) is 5.21. The Morgan fingerprint density at radius 1 is 1.43 bits per heavy atom. The highest BCUT2D eigenvalue weighted by Crippen LogP contribution is 2.40. The summed E-state index contributed by atoms with van der Waals surface area (Å²) in [7, 11) is 0. The Labute approximate surface area is 83.7 Å². The number of aryl methyl sites for hydroxylation is 1. The number of nitrogens with zero attached hydrogens (tertiary/aromatic N) is 4. The minimum Gasteiger partial charge on any atom is -0.367 e. The second kappa shape index (κ2) is 3.55. The fourth-order valence-corrected chi connectivity index (χ4v) is 2.23. The van der Waals surface area contributed by atoms with Crippen LogP contribution in [0.25, 0.3) is 0 Å². The second-order valence-corrected chi connectivity index (χ2v) is 4.53. The monoisotopic (exact) mass is 195 g/mol. The van der Waals surface area contributed by atoms with Crippen LogP contribution in [0.1, 0.15) is 39.0 Å². The fourth-order valence-electron chi connectivity index (χ4n) is 2.23. The molecule has 0 radical (unpaired) electrons. The molecule has 0 spiro atoms. The molecule has 1 heterocycles. The third kappa shape index (κ3) is 1.86. The van der Waals surface area contributed by atoms with Gasteiger partial charge in [0.05, 0.1) is 0 Å². The van der Waals surface area contributed by atoms with Crippen LogP contribution in [0.5, 0.6) is 0 Å². The molecular formula is C9H17N5. The molecular weight excluding hydrogens is 178 g/mol. The molecule has 1 fully saturated rings. The first-order chi connectivity index (χ1) is 6.70. The molecule has 1 aliphatic rings. The van der Waals surface area contributed by atoms with Gasteiger partial charge < -0.3 is 5.73 Å². The van der Waals surface area contributed by atoms with E-state index in [1.165, 1.54) is 25.7 Å². The molecule has 1 saturated carbocycles. The maximum Gasteiger partial charge on any atom is 0.240 e. The highest BCUT2D eigenvalue weighted by Gasteiger charge is 2.28. The molecule has 2 rings (SSSR count). The zero-order valence-electron chi connectivity index (χ0n) is 8.61. The van der Waals surface area contributed by atoms with E-state index in [0.717, 1.165) is 13.0 Å². The molecule has 0 aromatic carbocycles. The minimum atomic E-state index is 0.423. The van der Waals surface area contributed by atoms with Gasteiger partial charge in [0.25, 0.3) is 0 Å². The number of nitrogen functional groups attached to an aromatic ring is 1. The van der Waals surface area contributed by atoms with E-state index < -0.39 is 0 Å². The Kier molecular flexibility index (Phi) is 2.39. The molecule has 2 N–H and O–H groups in total. The van der Waals surface area contributed by atoms with E-state index in [0.29, 0.717) is 11.4 Å². The molecule has 1 aromatic heterocycles. The summed E-state index contributed by atoms with van der Waals surface area (Å²) in [5.41, 5.74) is 6.08. The number of anilines is 1. The van der Waals surface area contributed by atoms with Crippen LogP contribution in [0.4, 0.5) is 5.95 Å². The summed E-state index contributed by atoms with van der Waals surface area (Å²) < 4.78 is 1.68. The molecule has 1 aromatic rings. The lowest BCUT2D eigenvalue weighted by Gasteiger charge is -2.22. The van der Waals surface area contributed by atoms with E-state index in [1.807, 2.05) is 0 Å². The summed E-state index contributed by atoms with van der Waals surface area (Å²) in [5, 5.41) is 11.0. The van der Waals surface area contributed by atoms with Gasteiger partial charge >= 0.3 is 0 Å². The van der Waals surface area contributed by atoms with Crippen LogP contribution in [0.15, 0.2) is 0 Å². The van der Waals surface area contributed by atoms with Crippen molar-refractivity contribution in [3.05, 3.63) is 0 Å². The molecule has 0 aliphatic heterocycles. The zero-order chi connectivity index (χ0) is 10.0. The van der Waals surface area contributed by atoms with Gasteiger partial charge in [0.1, 0.15) is 0 Å². The van der Waals surface area contributed by atoms with Crippen LogP contribution in [0, 0.1) is 5.41 Å². The number of hydrogen-bond acceptors (Lipinski definition) is 4. The lowest BCUT2D eigenvalue weighted by Crippen LogP contribution is -2.16. The molecule has 1 aliphatic carbocycles. The smallest absolute Gasteiger partial charge is 0.240 e. The molecule has 0 saturated heterocycles. The molecule has 0 atom stereocenters. The first kappa shape index (κ1) is 9.43. The third-order valence-electron chi connectivity index (χ3n) is 3.30. The summed E-state index contributed by atoms with van der Waals surface area (Å²) in [6.07, 6.45) is 6.51. The Morgan fingerprint density at radius 3 is 2.71 bits per heavy atom. The summed E-state index contributed by atoms with van der Waals surface area (Å²) in [5.74, 6) is 0.423. The number of hydrogen-bond donors (Lipinski definition) is 1. The van der Waals surface area contributed by atoms with Crippen molar-refractivity contribution in [3.63, 3.8) is 0 Å². The lowest BCUT2D eigenvalue weighted by molar-refractivity contribution is 0.283. The standard InChI is InChI=1S/C9H17N5/c1-9(4-2-3-5-9)6-7-14-8(10)11-12-13-14/h2-7H2,1H3,(H2,10,11,13). The highest BCUT2D eigenvalue weighted by molar-refractivity contribution is 5.09. The maximum atomic E-state index is 5.60. The van der Waals surface area contributed by atoms with Gasteiger partial charge in [0.2, 0.25) is 5.95 Å². The molecule has 14 heavy (non-hydrogen) atoms. The Bertz CT molecular complexity index is 300. The second-order valence-electron chi connectivity index (χ2n) is 4.53. The van der Waals surface area contributed by atoms with Crippen LogP contribution in [0.2, 0.25) is 0 Å². The topological polar surface area (TPSA) is 69.6 Å². The summed E-state index contributed by atoms with van der Waals surface area (Å²) in [4.78, 5) is 0. The van der Waals surface area contributed by atoms with Gasteiger partial charge in [-0.2, -0.15) is 0 Å². The van der Waals surface area contributed by atoms with E-state index in [9.17, 15) is 0 Å². The van der Waals surface area contributed by atoms with Gasteiger partial charge in [-0.25, -0.2) is 4.68 Å². The van der Waals surface area contributed by atoms with Crippen molar-refractivity contribution in [2.75, 3.05) is 5.73 Å². The highest BCUT2D eigenvalue weighted by atomic mass is 15.6. The molecule has 5 heteroatoms. The van der Waals surface area contributed by atoms with Crippen LogP contribution in [-0.2, 0) is 6.54 Å². The SMILES string of the molecule is CC1(CCn2nnnc2N)CCCC1. The summed E-state index contributed by atoms with van der Waals surface area (Å²) >= 11 is 0. The number of nitrogens with two attached hydrogens (primary N) is 1. The predicted molar refractivity (Wildman–Crippen MR) is 53.4 cm³/mol. The van der Waals surface area contributed by atoms with E-state index in [4.69, 9.17) is 5.73 Å². The summed E-state index contributed by atoms with van der Waals surface area (Å²) in [6, 6.07) is 0. The summed E-state index contributed by atoms with van der Waals surface area (Å²) in [6.45, 7) is 3.19. The zero-order valence-corrected chi connectivity index (χ0v) is 8.61. The fraction of sp³-hybridized carbons (Fsp3) is 0.889. The van der Waals surface area contributed by atoms with Gasteiger partial charge in [-0.1, -0.05) is 24.9 Å². The first-order valence-electron chi connectivity index (χ1n) is 5.21. The van der Waals surface area contributed by atoms with E-state index in [2.05, 4.69) is 22.4 Å². The van der Waals surface area contributed by atoms with Crippen LogP contribution in [-0.4, -0.2) is 20.2 Å². The molecule has 0 unspecified atom stereocenters. The van der Waals surface area contributed by atoms with Crippen LogP contribution in [0.3, 0.4) is 0 Å². The third-order valence-corrected chi connectivity index (χ3v) is 3.30. The van der Waals surface area contributed by atoms with E-state index >= 15 is 0 Å². The Balaban J connectivity index is 1.91. The molecule has 0 bridgehead atoms. The number of tetrazole rings is 1. The van der Waals surface area contributed by atoms with Crippen molar-refractivity contribution >= 4 is 5.95 Å². The average molecular weight is 195 g/mol. The van der Waals surface area contributed by atoms with Crippen molar-refractivity contribution in [2.24, 2.45) is 5.41 Å². The van der Waals surface area contributed by atoms with Crippen LogP contribution >= 0.6 is 0 Å². The lowest BCUT2D eigenvalue weighted by atomic mass is 9.85. The van der Waals surface area contributed by atoms with Crippen LogP contribution < -0.4 is 5.73 Å². The van der Waals surface area contributed by atoms with Gasteiger partial charge in [-0.3, -0.25) is 0 Å². The normalized spacial score (nSPS) is 20.1. The van der Waals surface area contributed by atoms with E-state index in [1.54, 1.807) is 4.68 Å². The van der Waals surface area contributed by atoms with Crippen molar-refractivity contribution in [1.82, 2.24) is 20.2 Å². The number of rotatable bonds is 3. The largest absolute Gasteiger partial charge is 0.367 e. The van der Waals surface area contributed by atoms with Crippen molar-refractivity contribution < 1.29 is 0 Å². The van der Waals surface area contributed by atoms with Crippen molar-refractivity contribution in [2.45, 2.75) is 45.6 Å². The van der Waals surface area contributed by atoms with Gasteiger partial charge in [-0.15, -0.1) is 0 Å². The van der Waals surface area contributed by atoms with Crippen molar-refractivity contribution in [3.8, 4) is 0 Å². The minimum absolute atomic E-state index is 0.423. The molecule has 5 nitrogen and oxygen atoms in total. The van der Waals surface area contributed by atoms with Crippen molar-refractivity contribution in [1.29, 1.82) is 0 Å². The predicted octanol–water partition coefficient (Wildman–Crippen LogP) is 1.23. The van der Waals surface area contributed by atoms with E-state index in [-0.39, 0.29) is 0 Å². The van der Waals surface area contributed by atoms with Gasteiger partial charge in [-0.05, 0) is 35.1 Å². The quantitative estimate of drug-likeness (QED) is 0.787. The Morgan fingerprint density at radius 2 is 2.14 bits per heavy atom. The average Bonchev–Trinajstić information content (AvgIpc) is 2.73. The van der Waals surface area contributed by atoms with Gasteiger partial charge in [0.15, 0.2) is 0 Å². The number of aromatic nitrogens is 4. The molecule has 0 amide bonds. The maximum absolute atomic E-state index is 5.60. The molecule has 78 valence electrons. The van der Waals surface area contributed by atoms with Gasteiger partial charge in [0, 0.05) is 6.54 Å².